The number of amides is 1. The molecule has 1 unspecified atom stereocenters. The first-order valence-corrected chi connectivity index (χ1v) is 12.4. The highest BCUT2D eigenvalue weighted by atomic mass is 16.5. The van der Waals surface area contributed by atoms with Gasteiger partial charge in [0.25, 0.3) is 5.91 Å². The van der Waals surface area contributed by atoms with Gasteiger partial charge in [0.1, 0.15) is 11.5 Å². The Balaban J connectivity index is 1.36. The number of hydrogen-bond donors (Lipinski definition) is 3. The molecule has 3 aliphatic rings. The Labute approximate surface area is 200 Å². The van der Waals surface area contributed by atoms with E-state index in [-0.39, 0.29) is 11.7 Å². The Morgan fingerprint density at radius 3 is 2.71 bits per heavy atom. The zero-order valence-electron chi connectivity index (χ0n) is 19.5. The predicted molar refractivity (Wildman–Crippen MR) is 131 cm³/mol. The number of phenolic OH excluding ortho intramolecular Hbond substituents is 1. The number of rotatable bonds is 5. The minimum absolute atomic E-state index is 0.254. The van der Waals surface area contributed by atoms with E-state index in [2.05, 4.69) is 27.7 Å². The topological polar surface area (TPSA) is 97.6 Å². The summed E-state index contributed by atoms with van der Waals surface area (Å²) >= 11 is 0. The average Bonchev–Trinajstić information content (AvgIpc) is 3.40. The Bertz CT molecular complexity index is 1100. The summed E-state index contributed by atoms with van der Waals surface area (Å²) in [5.74, 6) is 0.959. The number of ether oxygens (including phenoxy) is 1. The molecule has 7 nitrogen and oxygen atoms in total. The number of piperidine rings is 1. The lowest BCUT2D eigenvalue weighted by Gasteiger charge is -2.29. The number of carbonyl (C=O) groups excluding carboxylic acids is 1. The van der Waals surface area contributed by atoms with Gasteiger partial charge in [0.15, 0.2) is 6.10 Å². The quantitative estimate of drug-likeness (QED) is 0.597. The van der Waals surface area contributed by atoms with Crippen molar-refractivity contribution >= 4 is 17.3 Å². The van der Waals surface area contributed by atoms with Crippen molar-refractivity contribution in [2.75, 3.05) is 30.3 Å². The highest BCUT2D eigenvalue weighted by Gasteiger charge is 2.28. The maximum atomic E-state index is 13.2. The zero-order chi connectivity index (χ0) is 23.5. The lowest BCUT2D eigenvalue weighted by molar-refractivity contribution is -0.122. The minimum Gasteiger partial charge on any atom is -0.508 e. The van der Waals surface area contributed by atoms with Gasteiger partial charge in [-0.15, -0.1) is 0 Å². The highest BCUT2D eigenvalue weighted by Crippen LogP contribution is 2.41. The fourth-order valence-corrected chi connectivity index (χ4v) is 5.42. The molecule has 1 saturated carbocycles. The number of carbonyl (C=O) groups is 1. The SMILES string of the molecule is N#Cc1ccc2c(c1)NCC(C(=O)Nc1cc(O)c(C3CCCC3)cc1CN1CCCCC1)O2. The lowest BCUT2D eigenvalue weighted by Crippen LogP contribution is -2.41. The van der Waals surface area contributed by atoms with Gasteiger partial charge in [-0.3, -0.25) is 9.69 Å². The number of nitriles is 1. The van der Waals surface area contributed by atoms with E-state index in [1.807, 2.05) is 0 Å². The summed E-state index contributed by atoms with van der Waals surface area (Å²) in [5, 5.41) is 26.2. The molecule has 2 aromatic carbocycles. The molecule has 178 valence electrons. The maximum absolute atomic E-state index is 13.2. The van der Waals surface area contributed by atoms with E-state index in [0.29, 0.717) is 35.2 Å². The van der Waals surface area contributed by atoms with Gasteiger partial charge in [-0.25, -0.2) is 0 Å². The second-order valence-electron chi connectivity index (χ2n) is 9.69. The number of hydrogen-bond acceptors (Lipinski definition) is 6. The van der Waals surface area contributed by atoms with Gasteiger partial charge >= 0.3 is 0 Å². The number of fused-ring (bicyclic) bond motifs is 1. The van der Waals surface area contributed by atoms with E-state index in [0.717, 1.165) is 43.6 Å². The molecule has 1 amide bonds. The van der Waals surface area contributed by atoms with E-state index < -0.39 is 6.10 Å². The van der Waals surface area contributed by atoms with Gasteiger partial charge in [0.05, 0.1) is 23.9 Å². The van der Waals surface area contributed by atoms with E-state index in [1.54, 1.807) is 24.3 Å². The molecule has 2 aliphatic heterocycles. The first-order valence-electron chi connectivity index (χ1n) is 12.4. The van der Waals surface area contributed by atoms with Gasteiger partial charge in [0, 0.05) is 18.3 Å². The van der Waals surface area contributed by atoms with Crippen molar-refractivity contribution in [1.29, 1.82) is 5.26 Å². The van der Waals surface area contributed by atoms with Crippen LogP contribution in [-0.2, 0) is 11.3 Å². The summed E-state index contributed by atoms with van der Waals surface area (Å²) in [6.07, 6.45) is 7.58. The first kappa shape index (κ1) is 22.5. The molecule has 1 saturated heterocycles. The van der Waals surface area contributed by atoms with Crippen molar-refractivity contribution in [1.82, 2.24) is 4.90 Å². The van der Waals surface area contributed by atoms with Crippen molar-refractivity contribution in [2.45, 2.75) is 63.5 Å². The van der Waals surface area contributed by atoms with Crippen molar-refractivity contribution in [3.63, 3.8) is 0 Å². The standard InChI is InChI=1S/C27H32N4O3/c28-15-18-8-9-25-23(12-18)29-16-26(34-25)27(33)30-22-14-24(32)21(19-6-2-3-7-19)13-20(22)17-31-10-4-1-5-11-31/h8-9,12-14,19,26,29,32H,1-7,10-11,16-17H2,(H,30,33). The molecule has 2 heterocycles. The fraction of sp³-hybridized carbons (Fsp3) is 0.481. The fourth-order valence-electron chi connectivity index (χ4n) is 5.42. The van der Waals surface area contributed by atoms with Crippen LogP contribution in [0.5, 0.6) is 11.5 Å². The van der Waals surface area contributed by atoms with Crippen LogP contribution < -0.4 is 15.4 Å². The van der Waals surface area contributed by atoms with Crippen LogP contribution in [0.1, 0.15) is 67.6 Å². The van der Waals surface area contributed by atoms with Gasteiger partial charge < -0.3 is 20.5 Å². The summed E-state index contributed by atoms with van der Waals surface area (Å²) in [7, 11) is 0. The number of likely N-dealkylation sites (tertiary alicyclic amines) is 1. The monoisotopic (exact) mass is 460 g/mol. The van der Waals surface area contributed by atoms with Crippen LogP contribution in [0.2, 0.25) is 0 Å². The molecule has 3 N–H and O–H groups in total. The van der Waals surface area contributed by atoms with E-state index >= 15 is 0 Å². The molecule has 1 aliphatic carbocycles. The molecule has 34 heavy (non-hydrogen) atoms. The normalized spacial score (nSPS) is 20.6. The Kier molecular flexibility index (Phi) is 6.59. The highest BCUT2D eigenvalue weighted by molar-refractivity contribution is 5.96. The van der Waals surface area contributed by atoms with E-state index in [4.69, 9.17) is 10.00 Å². The maximum Gasteiger partial charge on any atom is 0.267 e. The molecule has 2 fully saturated rings. The Hall–Kier alpha value is -3.24. The number of phenols is 1. The van der Waals surface area contributed by atoms with Crippen LogP contribution in [0.25, 0.3) is 0 Å². The molecule has 1 atom stereocenters. The number of nitrogens with zero attached hydrogens (tertiary/aromatic N) is 2. The summed E-state index contributed by atoms with van der Waals surface area (Å²) in [6.45, 7) is 3.19. The van der Waals surface area contributed by atoms with Crippen molar-refractivity contribution in [2.24, 2.45) is 0 Å². The molecule has 0 spiro atoms. The molecule has 0 bridgehead atoms. The number of nitrogens with one attached hydrogen (secondary N) is 2. The second kappa shape index (κ2) is 9.94. The molecule has 5 rings (SSSR count). The number of aromatic hydroxyl groups is 1. The van der Waals surface area contributed by atoms with Crippen LogP contribution in [0.4, 0.5) is 11.4 Å². The smallest absolute Gasteiger partial charge is 0.267 e. The van der Waals surface area contributed by atoms with Crippen LogP contribution in [0, 0.1) is 11.3 Å². The van der Waals surface area contributed by atoms with Crippen LogP contribution in [0.3, 0.4) is 0 Å². The van der Waals surface area contributed by atoms with Crippen LogP contribution in [0.15, 0.2) is 30.3 Å². The van der Waals surface area contributed by atoms with Gasteiger partial charge in [-0.05, 0) is 80.1 Å². The van der Waals surface area contributed by atoms with Crippen LogP contribution >= 0.6 is 0 Å². The van der Waals surface area contributed by atoms with Gasteiger partial charge in [-0.1, -0.05) is 19.3 Å². The van der Waals surface area contributed by atoms with Crippen molar-refractivity contribution in [3.8, 4) is 17.6 Å². The molecular formula is C27H32N4O3. The summed E-state index contributed by atoms with van der Waals surface area (Å²) in [4.78, 5) is 15.6. The third kappa shape index (κ3) is 4.83. The van der Waals surface area contributed by atoms with Gasteiger partial charge in [-0.2, -0.15) is 5.26 Å². The molecule has 0 radical (unpaired) electrons. The largest absolute Gasteiger partial charge is 0.508 e. The minimum atomic E-state index is -0.708. The Morgan fingerprint density at radius 1 is 1.15 bits per heavy atom. The molecule has 2 aromatic rings. The summed E-state index contributed by atoms with van der Waals surface area (Å²) in [6, 6.07) is 11.1. The third-order valence-corrected chi connectivity index (χ3v) is 7.30. The molecule has 0 aromatic heterocycles. The molecular weight excluding hydrogens is 428 g/mol. The van der Waals surface area contributed by atoms with Gasteiger partial charge in [0.2, 0.25) is 0 Å². The van der Waals surface area contributed by atoms with Crippen molar-refractivity contribution < 1.29 is 14.6 Å². The van der Waals surface area contributed by atoms with Crippen molar-refractivity contribution in [3.05, 3.63) is 47.0 Å². The third-order valence-electron chi connectivity index (χ3n) is 7.30. The number of benzene rings is 2. The second-order valence-corrected chi connectivity index (χ2v) is 9.69. The first-order chi connectivity index (χ1) is 16.6. The van der Waals surface area contributed by atoms with E-state index in [1.165, 1.54) is 32.1 Å². The lowest BCUT2D eigenvalue weighted by atomic mass is 9.93. The summed E-state index contributed by atoms with van der Waals surface area (Å²) in [5.41, 5.74) is 3.98. The van der Waals surface area contributed by atoms with Crippen LogP contribution in [-0.4, -0.2) is 41.7 Å². The number of anilines is 2. The predicted octanol–water partition coefficient (Wildman–Crippen LogP) is 4.72. The Morgan fingerprint density at radius 2 is 1.94 bits per heavy atom. The van der Waals surface area contributed by atoms with E-state index in [9.17, 15) is 9.90 Å². The molecule has 7 heteroatoms. The summed E-state index contributed by atoms with van der Waals surface area (Å²) < 4.78 is 5.93. The average molecular weight is 461 g/mol. The zero-order valence-corrected chi connectivity index (χ0v) is 19.5.